The van der Waals surface area contributed by atoms with Crippen LogP contribution in [0.25, 0.3) is 0 Å². The van der Waals surface area contributed by atoms with E-state index in [2.05, 4.69) is 33.9 Å². The molecule has 0 aliphatic rings. The molecule has 0 bridgehead atoms. The van der Waals surface area contributed by atoms with Crippen LogP contribution in [0.1, 0.15) is 54.4 Å². The molecule has 0 fully saturated rings. The predicted octanol–water partition coefficient (Wildman–Crippen LogP) is 4.02. The molecule has 5 nitrogen and oxygen atoms in total. The van der Waals surface area contributed by atoms with Gasteiger partial charge in [-0.05, 0) is 51.7 Å². The summed E-state index contributed by atoms with van der Waals surface area (Å²) in [7, 11) is -0.134. The van der Waals surface area contributed by atoms with Gasteiger partial charge in [0.25, 0.3) is 0 Å². The van der Waals surface area contributed by atoms with Crippen molar-refractivity contribution in [3.05, 3.63) is 0 Å². The molecule has 0 aliphatic heterocycles. The number of carbonyl (C=O) groups excluding carboxylic acids is 1. The van der Waals surface area contributed by atoms with Gasteiger partial charge in [-0.1, -0.05) is 20.8 Å². The van der Waals surface area contributed by atoms with Gasteiger partial charge in [0, 0.05) is 13.7 Å². The van der Waals surface area contributed by atoms with E-state index in [-0.39, 0.29) is 23.8 Å². The van der Waals surface area contributed by atoms with Gasteiger partial charge in [0.1, 0.15) is 5.60 Å². The Morgan fingerprint density at radius 3 is 2.09 bits per heavy atom. The Hall–Kier alpha value is -0.593. The average molecular weight is 348 g/mol. The molecule has 1 amide bonds. The smallest absolute Gasteiger partial charge is 0.410 e. The summed E-state index contributed by atoms with van der Waals surface area (Å²) in [4.78, 5) is 13.9. The van der Waals surface area contributed by atoms with Crippen molar-refractivity contribution < 1.29 is 19.1 Å². The zero-order chi connectivity index (χ0) is 18.5. The van der Waals surface area contributed by atoms with Crippen LogP contribution in [0.2, 0.25) is 18.1 Å². The Balaban J connectivity index is 4.91. The number of carbonyl (C=O) groups is 1. The molecule has 0 saturated heterocycles. The molecule has 0 spiro atoms. The van der Waals surface area contributed by atoms with Crippen LogP contribution in [0.4, 0.5) is 4.79 Å². The van der Waals surface area contributed by atoms with Gasteiger partial charge in [0.05, 0.1) is 12.6 Å². The molecule has 0 saturated carbocycles. The third-order valence-corrected chi connectivity index (χ3v) is 8.87. The second-order valence-electron chi connectivity index (χ2n) is 8.68. The van der Waals surface area contributed by atoms with E-state index in [0.29, 0.717) is 19.4 Å². The first-order valence-electron chi connectivity index (χ1n) is 8.42. The molecule has 1 unspecified atom stereocenters. The Bertz CT molecular complexity index is 372. The van der Waals surface area contributed by atoms with Gasteiger partial charge in [0.2, 0.25) is 0 Å². The molecule has 1 atom stereocenters. The molecule has 0 aromatic carbocycles. The minimum absolute atomic E-state index is 0.0916. The fraction of sp³-hybridized carbons (Fsp3) is 0.941. The minimum atomic E-state index is -1.88. The number of aliphatic hydroxyl groups excluding tert-OH is 1. The van der Waals surface area contributed by atoms with E-state index in [0.717, 1.165) is 0 Å². The zero-order valence-corrected chi connectivity index (χ0v) is 17.5. The van der Waals surface area contributed by atoms with Crippen molar-refractivity contribution in [2.45, 2.75) is 84.2 Å². The Morgan fingerprint density at radius 1 is 1.17 bits per heavy atom. The number of amides is 1. The Morgan fingerprint density at radius 2 is 1.70 bits per heavy atom. The lowest BCUT2D eigenvalue weighted by Gasteiger charge is -2.39. The van der Waals surface area contributed by atoms with Crippen molar-refractivity contribution in [2.24, 2.45) is 0 Å². The maximum atomic E-state index is 12.3. The van der Waals surface area contributed by atoms with Crippen molar-refractivity contribution in [2.75, 3.05) is 20.3 Å². The lowest BCUT2D eigenvalue weighted by molar-refractivity contribution is 0.0152. The summed E-state index contributed by atoms with van der Waals surface area (Å²) in [6.07, 6.45) is 0.985. The second kappa shape index (κ2) is 8.49. The molecule has 138 valence electrons. The van der Waals surface area contributed by atoms with Crippen molar-refractivity contribution in [1.82, 2.24) is 4.90 Å². The van der Waals surface area contributed by atoms with Crippen molar-refractivity contribution in [1.29, 1.82) is 0 Å². The van der Waals surface area contributed by atoms with E-state index < -0.39 is 13.9 Å². The summed E-state index contributed by atoms with van der Waals surface area (Å²) < 4.78 is 11.7. The number of hydrogen-bond acceptors (Lipinski definition) is 4. The predicted molar refractivity (Wildman–Crippen MR) is 97.3 cm³/mol. The number of hydrogen-bond donors (Lipinski definition) is 1. The van der Waals surface area contributed by atoms with Crippen molar-refractivity contribution in [3.8, 4) is 0 Å². The molecule has 23 heavy (non-hydrogen) atoms. The monoisotopic (exact) mass is 347 g/mol. The highest BCUT2D eigenvalue weighted by molar-refractivity contribution is 6.74. The van der Waals surface area contributed by atoms with E-state index in [9.17, 15) is 4.79 Å². The van der Waals surface area contributed by atoms with Gasteiger partial charge in [-0.3, -0.25) is 0 Å². The largest absolute Gasteiger partial charge is 0.444 e. The van der Waals surface area contributed by atoms with Gasteiger partial charge in [-0.2, -0.15) is 0 Å². The molecular formula is C17H37NO4Si. The fourth-order valence-corrected chi connectivity index (χ4v) is 2.76. The van der Waals surface area contributed by atoms with Gasteiger partial charge in [-0.25, -0.2) is 4.79 Å². The first kappa shape index (κ1) is 22.4. The Labute approximate surface area is 143 Å². The van der Waals surface area contributed by atoms with Crippen LogP contribution in [0.15, 0.2) is 0 Å². The first-order valence-corrected chi connectivity index (χ1v) is 11.3. The molecule has 0 aromatic rings. The molecular weight excluding hydrogens is 310 g/mol. The molecule has 0 heterocycles. The number of nitrogens with zero attached hydrogens (tertiary/aromatic N) is 1. The highest BCUT2D eigenvalue weighted by Crippen LogP contribution is 2.36. The van der Waals surface area contributed by atoms with E-state index in [1.54, 1.807) is 11.9 Å². The number of aliphatic hydroxyl groups is 1. The van der Waals surface area contributed by atoms with E-state index >= 15 is 0 Å². The van der Waals surface area contributed by atoms with Crippen molar-refractivity contribution >= 4 is 14.4 Å². The van der Waals surface area contributed by atoms with Crippen LogP contribution in [-0.2, 0) is 9.16 Å². The van der Waals surface area contributed by atoms with Crippen LogP contribution >= 0.6 is 0 Å². The zero-order valence-electron chi connectivity index (χ0n) is 16.5. The average Bonchev–Trinajstić information content (AvgIpc) is 2.34. The molecule has 0 aliphatic carbocycles. The third kappa shape index (κ3) is 8.17. The van der Waals surface area contributed by atoms with Gasteiger partial charge < -0.3 is 19.2 Å². The summed E-state index contributed by atoms with van der Waals surface area (Å²) in [5.74, 6) is 0. The Kier molecular flexibility index (Phi) is 8.27. The molecule has 0 radical (unpaired) electrons. The standard InChI is InChI=1S/C17H37NO4Si/c1-16(2,3)22-15(20)18(7)14(11-10-12-19)13-21-23(8,9)17(4,5)6/h14,19H,10-13H2,1-9H3. The molecule has 6 heteroatoms. The molecule has 1 N–H and O–H groups in total. The summed E-state index contributed by atoms with van der Waals surface area (Å²) in [6, 6.07) is -0.0916. The fourth-order valence-electron chi connectivity index (χ4n) is 1.72. The van der Waals surface area contributed by atoms with Crippen molar-refractivity contribution in [3.63, 3.8) is 0 Å². The van der Waals surface area contributed by atoms with Crippen LogP contribution in [0.5, 0.6) is 0 Å². The van der Waals surface area contributed by atoms with Gasteiger partial charge in [-0.15, -0.1) is 0 Å². The van der Waals surface area contributed by atoms with Gasteiger partial charge in [0.15, 0.2) is 8.32 Å². The number of ether oxygens (including phenoxy) is 1. The number of likely N-dealkylation sites (N-methyl/N-ethyl adjacent to an activating group) is 1. The van der Waals surface area contributed by atoms with Crippen LogP contribution in [0, 0.1) is 0 Å². The summed E-state index contributed by atoms with van der Waals surface area (Å²) in [6.45, 7) is 17.1. The summed E-state index contributed by atoms with van der Waals surface area (Å²) >= 11 is 0. The maximum absolute atomic E-state index is 12.3. The van der Waals surface area contributed by atoms with E-state index in [1.165, 1.54) is 0 Å². The topological polar surface area (TPSA) is 59.0 Å². The van der Waals surface area contributed by atoms with E-state index in [1.807, 2.05) is 20.8 Å². The summed E-state index contributed by atoms with van der Waals surface area (Å²) in [5, 5.41) is 9.24. The lowest BCUT2D eigenvalue weighted by atomic mass is 10.1. The molecule has 0 rings (SSSR count). The number of rotatable bonds is 7. The quantitative estimate of drug-likeness (QED) is 0.707. The minimum Gasteiger partial charge on any atom is -0.444 e. The second-order valence-corrected chi connectivity index (χ2v) is 13.5. The normalized spacial score (nSPS) is 14.5. The first-order chi connectivity index (χ1) is 10.2. The summed E-state index contributed by atoms with van der Waals surface area (Å²) in [5.41, 5.74) is -0.521. The highest BCUT2D eigenvalue weighted by Gasteiger charge is 2.38. The highest BCUT2D eigenvalue weighted by atomic mass is 28.4. The van der Waals surface area contributed by atoms with E-state index in [4.69, 9.17) is 14.3 Å². The van der Waals surface area contributed by atoms with Crippen LogP contribution in [0.3, 0.4) is 0 Å². The SMILES string of the molecule is CN(C(=O)OC(C)(C)C)C(CCCO)CO[Si](C)(C)C(C)(C)C. The van der Waals surface area contributed by atoms with Crippen LogP contribution in [-0.4, -0.2) is 56.3 Å². The third-order valence-electron chi connectivity index (χ3n) is 4.37. The lowest BCUT2D eigenvalue weighted by Crippen LogP contribution is -2.47. The van der Waals surface area contributed by atoms with Gasteiger partial charge >= 0.3 is 6.09 Å². The van der Waals surface area contributed by atoms with Crippen LogP contribution < -0.4 is 0 Å². The molecule has 0 aromatic heterocycles. The maximum Gasteiger partial charge on any atom is 0.410 e.